The molecule has 0 aliphatic carbocycles. The third kappa shape index (κ3) is 5.09. The second kappa shape index (κ2) is 12.9. The SMILES string of the molecule is c1ccc(-c2ccc(-n3c4ccccc4c4ccc(-c5cccc(-c6ccc7c(c6)Oc6ccccc6N7c6cccc7c6oc6ccccc67)c5)cc43)cc2)cc1. The molecule has 0 saturated carbocycles. The molecule has 0 spiro atoms. The van der Waals surface area contributed by atoms with Crippen molar-refractivity contribution in [3.8, 4) is 50.6 Å². The van der Waals surface area contributed by atoms with Crippen LogP contribution in [0.4, 0.5) is 17.1 Å². The molecule has 0 atom stereocenters. The predicted octanol–water partition coefficient (Wildman–Crippen LogP) is 15.3. The smallest absolute Gasteiger partial charge is 0.159 e. The summed E-state index contributed by atoms with van der Waals surface area (Å²) in [7, 11) is 0. The molecule has 0 N–H and O–H groups in total. The summed E-state index contributed by atoms with van der Waals surface area (Å²) in [5.74, 6) is 1.59. The topological polar surface area (TPSA) is 30.5 Å². The van der Waals surface area contributed by atoms with Crippen LogP contribution >= 0.6 is 0 Å². The molecule has 58 heavy (non-hydrogen) atoms. The quantitative estimate of drug-likeness (QED) is 0.176. The number of furan rings is 1. The molecule has 0 amide bonds. The predicted molar refractivity (Wildman–Crippen MR) is 239 cm³/mol. The van der Waals surface area contributed by atoms with Crippen molar-refractivity contribution in [1.29, 1.82) is 0 Å². The monoisotopic (exact) mass is 742 g/mol. The fourth-order valence-corrected chi connectivity index (χ4v) is 8.84. The summed E-state index contributed by atoms with van der Waals surface area (Å²) in [4.78, 5) is 2.27. The lowest BCUT2D eigenvalue weighted by molar-refractivity contribution is 0.477. The largest absolute Gasteiger partial charge is 0.454 e. The van der Waals surface area contributed by atoms with Gasteiger partial charge in [0.15, 0.2) is 17.1 Å². The van der Waals surface area contributed by atoms with E-state index in [-0.39, 0.29) is 0 Å². The Morgan fingerprint density at radius 3 is 1.79 bits per heavy atom. The molecule has 11 aromatic rings. The molecule has 272 valence electrons. The van der Waals surface area contributed by atoms with Gasteiger partial charge in [0.2, 0.25) is 0 Å². The van der Waals surface area contributed by atoms with Gasteiger partial charge in [-0.05, 0) is 100 Å². The van der Waals surface area contributed by atoms with E-state index in [0.29, 0.717) is 0 Å². The van der Waals surface area contributed by atoms with Crippen LogP contribution in [-0.4, -0.2) is 4.57 Å². The number of hydrogen-bond acceptors (Lipinski definition) is 3. The summed E-state index contributed by atoms with van der Waals surface area (Å²) in [6.45, 7) is 0. The molecule has 3 heterocycles. The van der Waals surface area contributed by atoms with Crippen LogP contribution in [0.5, 0.6) is 11.5 Å². The maximum Gasteiger partial charge on any atom is 0.159 e. The Morgan fingerprint density at radius 1 is 0.328 bits per heavy atom. The first-order valence-corrected chi connectivity index (χ1v) is 19.7. The number of rotatable bonds is 5. The Kier molecular flexibility index (Phi) is 7.20. The minimum Gasteiger partial charge on any atom is -0.454 e. The number of benzene rings is 9. The zero-order valence-electron chi connectivity index (χ0n) is 31.3. The standard InChI is InChI=1S/C54H34N2O2/c1-2-12-35(13-3-1)36-24-28-41(29-25-36)55-46-19-6-4-16-42(46)43-30-26-39(33-50(43)55)37-14-10-15-38(32-37)40-27-31-48-53(34-40)57-52-23-9-7-20-47(52)56(48)49-21-11-18-45-44-17-5-8-22-51(44)58-54(45)49/h1-34H. The normalized spacial score (nSPS) is 12.2. The number of aromatic nitrogens is 1. The van der Waals surface area contributed by atoms with Crippen LogP contribution in [0.3, 0.4) is 0 Å². The van der Waals surface area contributed by atoms with Gasteiger partial charge in [0, 0.05) is 27.2 Å². The van der Waals surface area contributed by atoms with Gasteiger partial charge in [0.1, 0.15) is 5.58 Å². The van der Waals surface area contributed by atoms with Gasteiger partial charge in [-0.15, -0.1) is 0 Å². The highest BCUT2D eigenvalue weighted by atomic mass is 16.5. The van der Waals surface area contributed by atoms with Gasteiger partial charge in [0.05, 0.1) is 28.1 Å². The second-order valence-electron chi connectivity index (χ2n) is 14.9. The molecule has 1 aliphatic rings. The molecular formula is C54H34N2O2. The van der Waals surface area contributed by atoms with E-state index in [2.05, 4.69) is 191 Å². The van der Waals surface area contributed by atoms with E-state index < -0.39 is 0 Å². The Hall–Kier alpha value is -7.82. The van der Waals surface area contributed by atoms with Crippen molar-refractivity contribution in [2.24, 2.45) is 0 Å². The van der Waals surface area contributed by atoms with Crippen LogP contribution in [0.25, 0.3) is 82.8 Å². The average Bonchev–Trinajstić information content (AvgIpc) is 3.84. The molecule has 0 saturated heterocycles. The lowest BCUT2D eigenvalue weighted by atomic mass is 9.97. The van der Waals surface area contributed by atoms with Crippen molar-refractivity contribution in [3.05, 3.63) is 206 Å². The Bertz CT molecular complexity index is 3380. The number of ether oxygens (including phenoxy) is 1. The van der Waals surface area contributed by atoms with E-state index >= 15 is 0 Å². The minimum atomic E-state index is 0.791. The molecule has 4 heteroatoms. The molecule has 0 fully saturated rings. The molecule has 0 unspecified atom stereocenters. The Labute approximate surface area is 335 Å². The first-order valence-electron chi connectivity index (χ1n) is 19.7. The van der Waals surface area contributed by atoms with Crippen LogP contribution in [0.1, 0.15) is 0 Å². The van der Waals surface area contributed by atoms with Gasteiger partial charge in [-0.1, -0.05) is 140 Å². The first kappa shape index (κ1) is 32.4. The zero-order valence-corrected chi connectivity index (χ0v) is 31.3. The van der Waals surface area contributed by atoms with Gasteiger partial charge in [-0.2, -0.15) is 0 Å². The van der Waals surface area contributed by atoms with Gasteiger partial charge in [-0.25, -0.2) is 0 Å². The molecule has 0 bridgehead atoms. The number of fused-ring (bicyclic) bond motifs is 8. The fraction of sp³-hybridized carbons (Fsp3) is 0. The maximum atomic E-state index is 6.67. The van der Waals surface area contributed by atoms with Crippen molar-refractivity contribution in [1.82, 2.24) is 4.57 Å². The highest BCUT2D eigenvalue weighted by Crippen LogP contribution is 2.53. The highest BCUT2D eigenvalue weighted by molar-refractivity contribution is 6.12. The summed E-state index contributed by atoms with van der Waals surface area (Å²) < 4.78 is 15.6. The number of hydrogen-bond donors (Lipinski definition) is 0. The van der Waals surface area contributed by atoms with E-state index in [1.165, 1.54) is 32.9 Å². The van der Waals surface area contributed by atoms with Gasteiger partial charge < -0.3 is 13.7 Å². The highest BCUT2D eigenvalue weighted by Gasteiger charge is 2.28. The van der Waals surface area contributed by atoms with Crippen molar-refractivity contribution in [2.75, 3.05) is 4.90 Å². The first-order chi connectivity index (χ1) is 28.7. The molecule has 12 rings (SSSR count). The maximum absolute atomic E-state index is 6.67. The van der Waals surface area contributed by atoms with Crippen LogP contribution in [0, 0.1) is 0 Å². The lowest BCUT2D eigenvalue weighted by Gasteiger charge is -2.33. The van der Waals surface area contributed by atoms with E-state index in [1.54, 1.807) is 0 Å². The molecule has 4 nitrogen and oxygen atoms in total. The third-order valence-electron chi connectivity index (χ3n) is 11.6. The van der Waals surface area contributed by atoms with E-state index in [1.807, 2.05) is 24.3 Å². The molecule has 0 radical (unpaired) electrons. The van der Waals surface area contributed by atoms with E-state index in [4.69, 9.17) is 9.15 Å². The molecule has 9 aromatic carbocycles. The number of nitrogens with zero attached hydrogens (tertiary/aromatic N) is 2. The second-order valence-corrected chi connectivity index (χ2v) is 14.9. The Balaban J connectivity index is 0.945. The van der Waals surface area contributed by atoms with Crippen LogP contribution < -0.4 is 9.64 Å². The minimum absolute atomic E-state index is 0.791. The van der Waals surface area contributed by atoms with Gasteiger partial charge >= 0.3 is 0 Å². The Morgan fingerprint density at radius 2 is 0.914 bits per heavy atom. The van der Waals surface area contributed by atoms with Crippen LogP contribution in [0.15, 0.2) is 211 Å². The van der Waals surface area contributed by atoms with Gasteiger partial charge in [0.25, 0.3) is 0 Å². The van der Waals surface area contributed by atoms with Crippen molar-refractivity contribution in [2.45, 2.75) is 0 Å². The summed E-state index contributed by atoms with van der Waals surface area (Å²) >= 11 is 0. The molecule has 2 aromatic heterocycles. The fourth-order valence-electron chi connectivity index (χ4n) is 8.84. The van der Waals surface area contributed by atoms with Crippen LogP contribution in [-0.2, 0) is 0 Å². The van der Waals surface area contributed by atoms with E-state index in [0.717, 1.165) is 78.4 Å². The molecular weight excluding hydrogens is 709 g/mol. The van der Waals surface area contributed by atoms with Crippen molar-refractivity contribution < 1.29 is 9.15 Å². The van der Waals surface area contributed by atoms with E-state index in [9.17, 15) is 0 Å². The molecule has 1 aliphatic heterocycles. The number of anilines is 3. The summed E-state index contributed by atoms with van der Waals surface area (Å²) in [6.07, 6.45) is 0. The van der Waals surface area contributed by atoms with Gasteiger partial charge in [-0.3, -0.25) is 4.90 Å². The average molecular weight is 743 g/mol. The van der Waals surface area contributed by atoms with Crippen molar-refractivity contribution >= 4 is 60.8 Å². The zero-order chi connectivity index (χ0) is 38.2. The summed E-state index contributed by atoms with van der Waals surface area (Å²) in [5.41, 5.74) is 15.1. The number of para-hydroxylation sites is 5. The summed E-state index contributed by atoms with van der Waals surface area (Å²) in [5, 5.41) is 4.67. The van der Waals surface area contributed by atoms with Crippen molar-refractivity contribution in [3.63, 3.8) is 0 Å². The third-order valence-corrected chi connectivity index (χ3v) is 11.6. The summed E-state index contributed by atoms with van der Waals surface area (Å²) in [6, 6.07) is 73.2. The van der Waals surface area contributed by atoms with Crippen LogP contribution in [0.2, 0.25) is 0 Å². The lowest BCUT2D eigenvalue weighted by Crippen LogP contribution is -2.16.